The molecule has 5 heterocycles. The molecule has 0 spiro atoms. The Hall–Kier alpha value is -3.56. The molecule has 0 radical (unpaired) electrons. The van der Waals surface area contributed by atoms with Crippen molar-refractivity contribution in [1.29, 1.82) is 0 Å². The van der Waals surface area contributed by atoms with Crippen LogP contribution >= 0.6 is 0 Å². The third-order valence-electron chi connectivity index (χ3n) is 4.85. The number of likely N-dealkylation sites (N-methyl/N-ethyl adjacent to an activating group) is 1. The van der Waals surface area contributed by atoms with E-state index < -0.39 is 0 Å². The zero-order valence-corrected chi connectivity index (χ0v) is 15.0. The molecule has 4 aromatic heterocycles. The van der Waals surface area contributed by atoms with Crippen LogP contribution in [0.1, 0.15) is 5.82 Å². The first-order valence-electron chi connectivity index (χ1n) is 8.68. The molecule has 136 valence electrons. The second-order valence-electron chi connectivity index (χ2n) is 6.56. The van der Waals surface area contributed by atoms with Gasteiger partial charge in [0.25, 0.3) is 0 Å². The summed E-state index contributed by atoms with van der Waals surface area (Å²) in [6, 6.07) is 6.13. The lowest BCUT2D eigenvalue weighted by Gasteiger charge is -2.44. The van der Waals surface area contributed by atoms with Gasteiger partial charge in [-0.25, -0.2) is 9.67 Å². The quantitative estimate of drug-likeness (QED) is 0.525. The maximum atomic E-state index is 4.67. The highest BCUT2D eigenvalue weighted by molar-refractivity contribution is 5.50. The minimum absolute atomic E-state index is 0.340. The van der Waals surface area contributed by atoms with E-state index in [1.807, 2.05) is 38.4 Å². The van der Waals surface area contributed by atoms with Crippen molar-refractivity contribution in [2.45, 2.75) is 13.0 Å². The lowest BCUT2D eigenvalue weighted by molar-refractivity contribution is 0.486. The molecular formula is C17H18N10. The lowest BCUT2D eigenvalue weighted by Crippen LogP contribution is -2.59. The Morgan fingerprint density at radius 1 is 1.11 bits per heavy atom. The summed E-state index contributed by atoms with van der Waals surface area (Å²) in [7, 11) is 2.04. The second-order valence-corrected chi connectivity index (χ2v) is 6.56. The number of hydrogen-bond donors (Lipinski definition) is 0. The minimum atomic E-state index is 0.340. The van der Waals surface area contributed by atoms with Crippen LogP contribution in [0, 0.1) is 6.92 Å². The Balaban J connectivity index is 1.31. The first-order chi connectivity index (χ1) is 13.2. The minimum Gasteiger partial charge on any atom is -0.352 e. The molecule has 0 aromatic carbocycles. The molecule has 10 heteroatoms. The summed E-state index contributed by atoms with van der Waals surface area (Å²) >= 11 is 0. The summed E-state index contributed by atoms with van der Waals surface area (Å²) in [5.74, 6) is 3.24. The maximum absolute atomic E-state index is 4.67. The first kappa shape index (κ1) is 15.7. The largest absolute Gasteiger partial charge is 0.352 e. The third kappa shape index (κ3) is 2.65. The predicted octanol–water partition coefficient (Wildman–Crippen LogP) is 0.733. The molecule has 27 heavy (non-hydrogen) atoms. The van der Waals surface area contributed by atoms with Crippen LogP contribution < -0.4 is 9.80 Å². The van der Waals surface area contributed by atoms with Gasteiger partial charge in [-0.1, -0.05) is 0 Å². The summed E-state index contributed by atoms with van der Waals surface area (Å²) in [4.78, 5) is 13.4. The fourth-order valence-corrected chi connectivity index (χ4v) is 3.16. The van der Waals surface area contributed by atoms with Crippen LogP contribution in [-0.4, -0.2) is 65.7 Å². The van der Waals surface area contributed by atoms with E-state index in [1.165, 1.54) is 0 Å². The van der Waals surface area contributed by atoms with Gasteiger partial charge >= 0.3 is 0 Å². The van der Waals surface area contributed by atoms with E-state index in [4.69, 9.17) is 0 Å². The average Bonchev–Trinajstić information content (AvgIpc) is 3.31. The van der Waals surface area contributed by atoms with Crippen molar-refractivity contribution in [3.8, 4) is 5.82 Å². The van der Waals surface area contributed by atoms with Crippen LogP contribution in [0.2, 0.25) is 0 Å². The highest BCUT2D eigenvalue weighted by Crippen LogP contribution is 2.24. The van der Waals surface area contributed by atoms with Gasteiger partial charge in [0.05, 0.1) is 18.4 Å². The van der Waals surface area contributed by atoms with E-state index in [-0.39, 0.29) is 0 Å². The Kier molecular flexibility index (Phi) is 3.49. The Morgan fingerprint density at radius 3 is 2.81 bits per heavy atom. The van der Waals surface area contributed by atoms with Gasteiger partial charge in [-0.05, 0) is 25.1 Å². The molecule has 0 N–H and O–H groups in total. The molecule has 0 aliphatic carbocycles. The van der Waals surface area contributed by atoms with Gasteiger partial charge in [-0.3, -0.25) is 4.98 Å². The van der Waals surface area contributed by atoms with Crippen LogP contribution in [-0.2, 0) is 0 Å². The topological polar surface area (TPSA) is 93.2 Å². The number of rotatable bonds is 4. The van der Waals surface area contributed by atoms with E-state index in [1.54, 1.807) is 27.8 Å². The van der Waals surface area contributed by atoms with Crippen molar-refractivity contribution in [2.24, 2.45) is 0 Å². The second kappa shape index (κ2) is 6.01. The molecule has 0 unspecified atom stereocenters. The third-order valence-corrected chi connectivity index (χ3v) is 4.85. The van der Waals surface area contributed by atoms with Gasteiger partial charge in [-0.15, -0.1) is 15.3 Å². The molecule has 10 nitrogen and oxygen atoms in total. The Labute approximate surface area is 155 Å². The van der Waals surface area contributed by atoms with Crippen LogP contribution in [0.3, 0.4) is 0 Å². The van der Waals surface area contributed by atoms with Crippen LogP contribution in [0.25, 0.3) is 11.5 Å². The maximum Gasteiger partial charge on any atom is 0.178 e. The van der Waals surface area contributed by atoms with E-state index in [9.17, 15) is 0 Å². The van der Waals surface area contributed by atoms with E-state index in [2.05, 4.69) is 40.2 Å². The van der Waals surface area contributed by atoms with E-state index in [0.717, 1.165) is 36.2 Å². The van der Waals surface area contributed by atoms with Crippen molar-refractivity contribution in [3.05, 3.63) is 48.8 Å². The van der Waals surface area contributed by atoms with Crippen molar-refractivity contribution in [2.75, 3.05) is 29.9 Å². The summed E-state index contributed by atoms with van der Waals surface area (Å²) in [6.45, 7) is 3.63. The molecule has 1 aliphatic heterocycles. The van der Waals surface area contributed by atoms with Crippen LogP contribution in [0.4, 0.5) is 11.6 Å². The molecule has 0 bridgehead atoms. The van der Waals surface area contributed by atoms with Gasteiger partial charge in [0.2, 0.25) is 0 Å². The number of anilines is 2. The number of fused-ring (bicyclic) bond motifs is 1. The van der Waals surface area contributed by atoms with Gasteiger partial charge in [0.1, 0.15) is 11.6 Å². The highest BCUT2D eigenvalue weighted by Gasteiger charge is 2.32. The zero-order chi connectivity index (χ0) is 18.4. The fourth-order valence-electron chi connectivity index (χ4n) is 3.16. The summed E-state index contributed by atoms with van der Waals surface area (Å²) in [6.07, 6.45) is 7.06. The molecule has 1 fully saturated rings. The molecule has 0 atom stereocenters. The molecular weight excluding hydrogens is 344 g/mol. The van der Waals surface area contributed by atoms with Gasteiger partial charge < -0.3 is 9.80 Å². The fraction of sp³-hybridized carbons (Fsp3) is 0.294. The molecule has 4 aromatic rings. The van der Waals surface area contributed by atoms with Gasteiger partial charge in [0, 0.05) is 32.5 Å². The van der Waals surface area contributed by atoms with Gasteiger partial charge in [-0.2, -0.15) is 9.61 Å². The molecule has 1 saturated heterocycles. The monoisotopic (exact) mass is 362 g/mol. The van der Waals surface area contributed by atoms with Crippen molar-refractivity contribution in [1.82, 2.24) is 39.6 Å². The standard InChI is InChI=1S/C17H18N10/c1-12-21-22-14-4-5-15(23-27(12)14)25-10-13(11-25)24(2)16-8-18-9-17(20-16)26-7-3-6-19-26/h3-9,13H,10-11H2,1-2H3. The first-order valence-corrected chi connectivity index (χ1v) is 8.68. The number of hydrogen-bond acceptors (Lipinski definition) is 8. The normalized spacial score (nSPS) is 14.5. The number of aromatic nitrogens is 8. The smallest absolute Gasteiger partial charge is 0.178 e. The summed E-state index contributed by atoms with van der Waals surface area (Å²) in [5.41, 5.74) is 0.760. The molecule has 1 aliphatic rings. The highest BCUT2D eigenvalue weighted by atomic mass is 15.4. The number of nitrogens with zero attached hydrogens (tertiary/aromatic N) is 10. The van der Waals surface area contributed by atoms with E-state index >= 15 is 0 Å². The Morgan fingerprint density at radius 2 is 2.00 bits per heavy atom. The molecule has 0 saturated carbocycles. The van der Waals surface area contributed by atoms with Crippen LogP contribution in [0.15, 0.2) is 43.0 Å². The van der Waals surface area contributed by atoms with Crippen molar-refractivity contribution >= 4 is 17.3 Å². The predicted molar refractivity (Wildman–Crippen MR) is 99.1 cm³/mol. The molecule has 5 rings (SSSR count). The zero-order valence-electron chi connectivity index (χ0n) is 15.0. The number of aryl methyl sites for hydroxylation is 1. The van der Waals surface area contributed by atoms with Crippen LogP contribution in [0.5, 0.6) is 0 Å². The molecule has 0 amide bonds. The van der Waals surface area contributed by atoms with Gasteiger partial charge in [0.15, 0.2) is 17.3 Å². The van der Waals surface area contributed by atoms with Crippen molar-refractivity contribution in [3.63, 3.8) is 0 Å². The Bertz CT molecular complexity index is 1080. The SMILES string of the molecule is Cc1nnc2ccc(N3CC(N(C)c4cncc(-n5cccn5)n4)C3)nn12. The van der Waals surface area contributed by atoms with E-state index in [0.29, 0.717) is 11.9 Å². The summed E-state index contributed by atoms with van der Waals surface area (Å²) in [5, 5.41) is 17.0. The van der Waals surface area contributed by atoms with Crippen molar-refractivity contribution < 1.29 is 0 Å². The average molecular weight is 362 g/mol. The summed E-state index contributed by atoms with van der Waals surface area (Å²) < 4.78 is 3.48. The lowest BCUT2D eigenvalue weighted by atomic mass is 10.1.